The molecule has 1 aromatic carbocycles. The zero-order valence-corrected chi connectivity index (χ0v) is 11.3. The van der Waals surface area contributed by atoms with Gasteiger partial charge in [0.1, 0.15) is 0 Å². The highest BCUT2D eigenvalue weighted by Crippen LogP contribution is 2.30. The highest BCUT2D eigenvalue weighted by Gasteiger charge is 2.25. The standard InChI is InChI=1S/C13H17ClN2O3/c14-12-2-1-3-13(16(18)19)11(12)9-15-6-4-10(8-15)5-7-17/h1-3,10,17H,4-9H2. The summed E-state index contributed by atoms with van der Waals surface area (Å²) in [5, 5.41) is 20.4. The van der Waals surface area contributed by atoms with Crippen molar-refractivity contribution >= 4 is 17.3 Å². The third-order valence-corrected chi connectivity index (χ3v) is 3.93. The molecule has 1 aromatic rings. The van der Waals surface area contributed by atoms with E-state index in [4.69, 9.17) is 16.7 Å². The van der Waals surface area contributed by atoms with Gasteiger partial charge in [-0.15, -0.1) is 0 Å². The molecule has 1 unspecified atom stereocenters. The SMILES string of the molecule is O=[N+]([O-])c1cccc(Cl)c1CN1CCC(CCO)C1. The number of nitro benzene ring substituents is 1. The molecule has 1 atom stereocenters. The number of aliphatic hydroxyl groups excluding tert-OH is 1. The first-order valence-electron chi connectivity index (χ1n) is 6.36. The Morgan fingerprint density at radius 1 is 1.53 bits per heavy atom. The third-order valence-electron chi connectivity index (χ3n) is 3.58. The largest absolute Gasteiger partial charge is 0.396 e. The van der Waals surface area contributed by atoms with Gasteiger partial charge in [-0.05, 0) is 31.4 Å². The molecular weight excluding hydrogens is 268 g/mol. The van der Waals surface area contributed by atoms with Crippen molar-refractivity contribution in [2.75, 3.05) is 19.7 Å². The number of likely N-dealkylation sites (tertiary alicyclic amines) is 1. The number of hydrogen-bond donors (Lipinski definition) is 1. The van der Waals surface area contributed by atoms with E-state index < -0.39 is 0 Å². The molecule has 0 amide bonds. The number of hydrogen-bond acceptors (Lipinski definition) is 4. The number of halogens is 1. The van der Waals surface area contributed by atoms with Crippen molar-refractivity contribution in [1.82, 2.24) is 4.90 Å². The first kappa shape index (κ1) is 14.2. The zero-order chi connectivity index (χ0) is 13.8. The van der Waals surface area contributed by atoms with E-state index in [1.807, 2.05) is 0 Å². The third kappa shape index (κ3) is 3.43. The van der Waals surface area contributed by atoms with E-state index in [9.17, 15) is 10.1 Å². The summed E-state index contributed by atoms with van der Waals surface area (Å²) in [5.41, 5.74) is 0.664. The van der Waals surface area contributed by atoms with Gasteiger partial charge in [0.2, 0.25) is 0 Å². The van der Waals surface area contributed by atoms with Gasteiger partial charge in [-0.1, -0.05) is 17.7 Å². The molecule has 5 nitrogen and oxygen atoms in total. The van der Waals surface area contributed by atoms with Gasteiger partial charge in [0.25, 0.3) is 5.69 Å². The molecule has 6 heteroatoms. The predicted molar refractivity (Wildman–Crippen MR) is 73.2 cm³/mol. The van der Waals surface area contributed by atoms with Crippen molar-refractivity contribution < 1.29 is 10.0 Å². The summed E-state index contributed by atoms with van der Waals surface area (Å²) in [4.78, 5) is 12.8. The van der Waals surface area contributed by atoms with Gasteiger partial charge in [0.05, 0.1) is 15.5 Å². The Labute approximate surface area is 116 Å². The molecule has 104 valence electrons. The Kier molecular flexibility index (Phi) is 4.74. The fourth-order valence-electron chi connectivity index (χ4n) is 2.57. The minimum absolute atomic E-state index is 0.0816. The normalized spacial score (nSPS) is 19.8. The molecular formula is C13H17ClN2O3. The van der Waals surface area contributed by atoms with Gasteiger partial charge < -0.3 is 5.11 Å². The zero-order valence-electron chi connectivity index (χ0n) is 10.6. The number of nitrogens with zero attached hydrogens (tertiary/aromatic N) is 2. The van der Waals surface area contributed by atoms with Crippen LogP contribution in [-0.2, 0) is 6.54 Å². The maximum Gasteiger partial charge on any atom is 0.275 e. The van der Waals surface area contributed by atoms with Crippen molar-refractivity contribution in [2.45, 2.75) is 19.4 Å². The van der Waals surface area contributed by atoms with Gasteiger partial charge in [-0.3, -0.25) is 15.0 Å². The van der Waals surface area contributed by atoms with E-state index in [2.05, 4.69) is 4.90 Å². The summed E-state index contributed by atoms with van der Waals surface area (Å²) in [7, 11) is 0. The van der Waals surface area contributed by atoms with Gasteiger partial charge in [0.15, 0.2) is 0 Å². The van der Waals surface area contributed by atoms with Gasteiger partial charge >= 0.3 is 0 Å². The van der Waals surface area contributed by atoms with Crippen LogP contribution >= 0.6 is 11.6 Å². The molecule has 1 fully saturated rings. The molecule has 1 aliphatic heterocycles. The molecule has 0 saturated carbocycles. The van der Waals surface area contributed by atoms with Crippen LogP contribution in [0, 0.1) is 16.0 Å². The highest BCUT2D eigenvalue weighted by molar-refractivity contribution is 6.31. The van der Waals surface area contributed by atoms with E-state index in [0.717, 1.165) is 25.9 Å². The average molecular weight is 285 g/mol. The monoisotopic (exact) mass is 284 g/mol. The van der Waals surface area contributed by atoms with Crippen LogP contribution in [0.15, 0.2) is 18.2 Å². The van der Waals surface area contributed by atoms with Crippen LogP contribution in [-0.4, -0.2) is 34.6 Å². The summed E-state index contributed by atoms with van der Waals surface area (Å²) in [6, 6.07) is 4.77. The summed E-state index contributed by atoms with van der Waals surface area (Å²) in [5.74, 6) is 0.478. The van der Waals surface area contributed by atoms with Crippen LogP contribution in [0.4, 0.5) is 5.69 Å². The smallest absolute Gasteiger partial charge is 0.275 e. The summed E-state index contributed by atoms with van der Waals surface area (Å²) >= 11 is 6.08. The molecule has 1 heterocycles. The second-order valence-electron chi connectivity index (χ2n) is 4.90. The van der Waals surface area contributed by atoms with E-state index in [-0.39, 0.29) is 17.2 Å². The Morgan fingerprint density at radius 2 is 2.32 bits per heavy atom. The van der Waals surface area contributed by atoms with E-state index in [0.29, 0.717) is 23.0 Å². The van der Waals surface area contributed by atoms with Crippen molar-refractivity contribution in [3.8, 4) is 0 Å². The average Bonchev–Trinajstić information content (AvgIpc) is 2.79. The summed E-state index contributed by atoms with van der Waals surface area (Å²) < 4.78 is 0. The van der Waals surface area contributed by atoms with Crippen molar-refractivity contribution in [2.24, 2.45) is 5.92 Å². The molecule has 0 radical (unpaired) electrons. The number of nitro groups is 1. The molecule has 0 aromatic heterocycles. The first-order chi connectivity index (χ1) is 9.11. The van der Waals surface area contributed by atoms with Crippen LogP contribution in [0.1, 0.15) is 18.4 Å². The van der Waals surface area contributed by atoms with Crippen LogP contribution in [0.3, 0.4) is 0 Å². The number of aliphatic hydroxyl groups is 1. The predicted octanol–water partition coefficient (Wildman–Crippen LogP) is 2.45. The lowest BCUT2D eigenvalue weighted by Gasteiger charge is -2.16. The Morgan fingerprint density at radius 3 is 3.00 bits per heavy atom. The Hall–Kier alpha value is -1.17. The molecule has 19 heavy (non-hydrogen) atoms. The molecule has 1 aliphatic rings. The molecule has 0 bridgehead atoms. The second-order valence-corrected chi connectivity index (χ2v) is 5.30. The second kappa shape index (κ2) is 6.32. The molecule has 1 N–H and O–H groups in total. The highest BCUT2D eigenvalue weighted by atomic mass is 35.5. The quantitative estimate of drug-likeness (QED) is 0.666. The maximum absolute atomic E-state index is 11.0. The topological polar surface area (TPSA) is 66.6 Å². The minimum Gasteiger partial charge on any atom is -0.396 e. The molecule has 1 saturated heterocycles. The maximum atomic E-state index is 11.0. The lowest BCUT2D eigenvalue weighted by Crippen LogP contribution is -2.21. The van der Waals surface area contributed by atoms with Crippen LogP contribution in [0.5, 0.6) is 0 Å². The van der Waals surface area contributed by atoms with Gasteiger partial charge in [0, 0.05) is 25.8 Å². The van der Waals surface area contributed by atoms with Crippen LogP contribution in [0.25, 0.3) is 0 Å². The molecule has 2 rings (SSSR count). The van der Waals surface area contributed by atoms with Gasteiger partial charge in [-0.25, -0.2) is 0 Å². The first-order valence-corrected chi connectivity index (χ1v) is 6.74. The lowest BCUT2D eigenvalue weighted by molar-refractivity contribution is -0.385. The number of benzene rings is 1. The van der Waals surface area contributed by atoms with Gasteiger partial charge in [-0.2, -0.15) is 0 Å². The fourth-order valence-corrected chi connectivity index (χ4v) is 2.80. The van der Waals surface area contributed by atoms with E-state index in [1.165, 1.54) is 6.07 Å². The van der Waals surface area contributed by atoms with Crippen LogP contribution < -0.4 is 0 Å². The van der Waals surface area contributed by atoms with Crippen molar-refractivity contribution in [1.29, 1.82) is 0 Å². The molecule has 0 spiro atoms. The van der Waals surface area contributed by atoms with E-state index >= 15 is 0 Å². The Bertz CT molecular complexity index is 467. The Balaban J connectivity index is 2.09. The molecule has 0 aliphatic carbocycles. The summed E-state index contributed by atoms with van der Waals surface area (Å²) in [6.07, 6.45) is 1.82. The minimum atomic E-state index is -0.386. The lowest BCUT2D eigenvalue weighted by atomic mass is 10.1. The van der Waals surface area contributed by atoms with Crippen molar-refractivity contribution in [3.05, 3.63) is 38.9 Å². The van der Waals surface area contributed by atoms with Crippen LogP contribution in [0.2, 0.25) is 5.02 Å². The fraction of sp³-hybridized carbons (Fsp3) is 0.538. The van der Waals surface area contributed by atoms with E-state index in [1.54, 1.807) is 12.1 Å². The number of rotatable bonds is 5. The van der Waals surface area contributed by atoms with Crippen molar-refractivity contribution in [3.63, 3.8) is 0 Å². The summed E-state index contributed by atoms with van der Waals surface area (Å²) in [6.45, 7) is 2.46.